The quantitative estimate of drug-likeness (QED) is 0.746. The fourth-order valence-corrected chi connectivity index (χ4v) is 2.77. The zero-order valence-electron chi connectivity index (χ0n) is 9.51. The van der Waals surface area contributed by atoms with E-state index < -0.39 is 0 Å². The molecule has 6 heteroatoms. The van der Waals surface area contributed by atoms with Crippen molar-refractivity contribution in [1.82, 2.24) is 15.0 Å². The number of rotatable bonds is 1. The SMILES string of the molecule is Cc1ncc(-c2nc(N)c3cc(Br)ccc3n2)s1. The summed E-state index contributed by atoms with van der Waals surface area (Å²) in [6.07, 6.45) is 1.78. The van der Waals surface area contributed by atoms with Crippen molar-refractivity contribution in [2.24, 2.45) is 0 Å². The molecule has 0 spiro atoms. The zero-order valence-corrected chi connectivity index (χ0v) is 11.9. The van der Waals surface area contributed by atoms with E-state index in [4.69, 9.17) is 5.73 Å². The Morgan fingerprint density at radius 1 is 1.28 bits per heavy atom. The highest BCUT2D eigenvalue weighted by Crippen LogP contribution is 2.28. The summed E-state index contributed by atoms with van der Waals surface area (Å²) in [7, 11) is 0. The molecule has 3 rings (SSSR count). The van der Waals surface area contributed by atoms with Crippen molar-refractivity contribution in [3.63, 3.8) is 0 Å². The van der Waals surface area contributed by atoms with Crippen LogP contribution in [0.4, 0.5) is 5.82 Å². The number of nitrogens with two attached hydrogens (primary N) is 1. The molecule has 3 aromatic rings. The average molecular weight is 321 g/mol. The topological polar surface area (TPSA) is 64.7 Å². The number of hydrogen-bond acceptors (Lipinski definition) is 5. The number of anilines is 1. The lowest BCUT2D eigenvalue weighted by Crippen LogP contribution is -1.96. The van der Waals surface area contributed by atoms with Gasteiger partial charge in [-0.15, -0.1) is 11.3 Å². The van der Waals surface area contributed by atoms with Gasteiger partial charge in [0.25, 0.3) is 0 Å². The van der Waals surface area contributed by atoms with Gasteiger partial charge in [-0.3, -0.25) is 0 Å². The van der Waals surface area contributed by atoms with E-state index in [-0.39, 0.29) is 0 Å². The molecule has 1 aromatic carbocycles. The molecule has 0 amide bonds. The first-order chi connectivity index (χ1) is 8.63. The normalized spacial score (nSPS) is 11.0. The van der Waals surface area contributed by atoms with E-state index in [2.05, 4.69) is 30.9 Å². The predicted octanol–water partition coefficient (Wildman–Crippen LogP) is 3.41. The van der Waals surface area contributed by atoms with Gasteiger partial charge < -0.3 is 5.73 Å². The maximum absolute atomic E-state index is 5.98. The molecule has 4 nitrogen and oxygen atoms in total. The molecule has 2 aromatic heterocycles. The van der Waals surface area contributed by atoms with Crippen LogP contribution in [0, 0.1) is 6.92 Å². The van der Waals surface area contributed by atoms with Gasteiger partial charge in [0, 0.05) is 16.1 Å². The third kappa shape index (κ3) is 1.97. The Morgan fingerprint density at radius 2 is 2.11 bits per heavy atom. The fourth-order valence-electron chi connectivity index (χ4n) is 1.70. The molecular formula is C12H9BrN4S. The lowest BCUT2D eigenvalue weighted by Gasteiger charge is -2.04. The number of thiazole rings is 1. The summed E-state index contributed by atoms with van der Waals surface area (Å²) in [6.45, 7) is 1.95. The summed E-state index contributed by atoms with van der Waals surface area (Å²) in [5.74, 6) is 1.12. The van der Waals surface area contributed by atoms with Crippen molar-refractivity contribution < 1.29 is 0 Å². The summed E-state index contributed by atoms with van der Waals surface area (Å²) in [5.41, 5.74) is 6.82. The molecular weight excluding hydrogens is 312 g/mol. The zero-order chi connectivity index (χ0) is 12.7. The van der Waals surface area contributed by atoms with Crippen LogP contribution in [0.15, 0.2) is 28.9 Å². The fraction of sp³-hybridized carbons (Fsp3) is 0.0833. The largest absolute Gasteiger partial charge is 0.383 e. The number of benzene rings is 1. The van der Waals surface area contributed by atoms with E-state index in [9.17, 15) is 0 Å². The molecule has 2 heterocycles. The van der Waals surface area contributed by atoms with Crippen molar-refractivity contribution in [3.05, 3.63) is 33.9 Å². The van der Waals surface area contributed by atoms with Gasteiger partial charge in [0.15, 0.2) is 5.82 Å². The first-order valence-corrected chi connectivity index (χ1v) is 6.90. The molecule has 2 N–H and O–H groups in total. The minimum absolute atomic E-state index is 0.488. The van der Waals surface area contributed by atoms with Crippen LogP contribution in [0.25, 0.3) is 21.6 Å². The van der Waals surface area contributed by atoms with E-state index in [1.807, 2.05) is 25.1 Å². The third-order valence-electron chi connectivity index (χ3n) is 2.53. The summed E-state index contributed by atoms with van der Waals surface area (Å²) in [6, 6.07) is 5.79. The summed E-state index contributed by atoms with van der Waals surface area (Å²) < 4.78 is 0.965. The molecule has 0 atom stereocenters. The number of aromatic nitrogens is 3. The van der Waals surface area contributed by atoms with Gasteiger partial charge in [-0.25, -0.2) is 15.0 Å². The van der Waals surface area contributed by atoms with Gasteiger partial charge in [-0.05, 0) is 25.1 Å². The lowest BCUT2D eigenvalue weighted by molar-refractivity contribution is 1.23. The molecule has 0 radical (unpaired) electrons. The minimum Gasteiger partial charge on any atom is -0.383 e. The van der Waals surface area contributed by atoms with Gasteiger partial charge in [0.1, 0.15) is 5.82 Å². The van der Waals surface area contributed by atoms with Gasteiger partial charge in [0.05, 0.1) is 15.4 Å². The van der Waals surface area contributed by atoms with E-state index in [1.165, 1.54) is 0 Å². The molecule has 90 valence electrons. The van der Waals surface area contributed by atoms with Gasteiger partial charge in [0.2, 0.25) is 0 Å². The number of hydrogen-bond donors (Lipinski definition) is 1. The molecule has 0 fully saturated rings. The lowest BCUT2D eigenvalue weighted by atomic mass is 10.2. The van der Waals surface area contributed by atoms with E-state index >= 15 is 0 Å². The molecule has 0 aliphatic carbocycles. The molecule has 18 heavy (non-hydrogen) atoms. The Kier molecular flexibility index (Phi) is 2.76. The number of aryl methyl sites for hydroxylation is 1. The summed E-state index contributed by atoms with van der Waals surface area (Å²) >= 11 is 4.97. The van der Waals surface area contributed by atoms with Crippen LogP contribution >= 0.6 is 27.3 Å². The highest BCUT2D eigenvalue weighted by atomic mass is 79.9. The van der Waals surface area contributed by atoms with E-state index in [0.717, 1.165) is 25.3 Å². The van der Waals surface area contributed by atoms with Crippen LogP contribution in [-0.4, -0.2) is 15.0 Å². The highest BCUT2D eigenvalue weighted by molar-refractivity contribution is 9.10. The van der Waals surface area contributed by atoms with Crippen molar-refractivity contribution in [2.45, 2.75) is 6.92 Å². The third-order valence-corrected chi connectivity index (χ3v) is 3.93. The number of fused-ring (bicyclic) bond motifs is 1. The Hall–Kier alpha value is -1.53. The Labute approximate surface area is 116 Å². The predicted molar refractivity (Wildman–Crippen MR) is 77.5 cm³/mol. The number of halogens is 1. The van der Waals surface area contributed by atoms with Crippen molar-refractivity contribution >= 4 is 44.0 Å². The Bertz CT molecular complexity index is 738. The van der Waals surface area contributed by atoms with Crippen molar-refractivity contribution in [3.8, 4) is 10.7 Å². The maximum Gasteiger partial charge on any atom is 0.173 e. The molecule has 0 aliphatic heterocycles. The Balaban J connectivity index is 2.24. The number of nitrogen functional groups attached to an aromatic ring is 1. The van der Waals surface area contributed by atoms with Crippen LogP contribution in [0.5, 0.6) is 0 Å². The second-order valence-corrected chi connectivity index (χ2v) is 5.99. The van der Waals surface area contributed by atoms with Crippen LogP contribution in [0.3, 0.4) is 0 Å². The molecule has 0 bridgehead atoms. The molecule has 0 unspecified atom stereocenters. The van der Waals surface area contributed by atoms with Crippen LogP contribution in [0.1, 0.15) is 5.01 Å². The maximum atomic E-state index is 5.98. The Morgan fingerprint density at radius 3 is 2.83 bits per heavy atom. The molecule has 0 saturated carbocycles. The minimum atomic E-state index is 0.488. The first kappa shape index (κ1) is 11.6. The molecule has 0 saturated heterocycles. The smallest absolute Gasteiger partial charge is 0.173 e. The van der Waals surface area contributed by atoms with Gasteiger partial charge in [-0.1, -0.05) is 15.9 Å². The van der Waals surface area contributed by atoms with Crippen LogP contribution < -0.4 is 5.73 Å². The monoisotopic (exact) mass is 320 g/mol. The van der Waals surface area contributed by atoms with E-state index in [0.29, 0.717) is 11.6 Å². The van der Waals surface area contributed by atoms with E-state index in [1.54, 1.807) is 17.5 Å². The average Bonchev–Trinajstić information content (AvgIpc) is 2.77. The highest BCUT2D eigenvalue weighted by Gasteiger charge is 2.09. The molecule has 0 aliphatic rings. The second kappa shape index (κ2) is 4.29. The first-order valence-electron chi connectivity index (χ1n) is 5.29. The second-order valence-electron chi connectivity index (χ2n) is 3.84. The number of nitrogens with zero attached hydrogens (tertiary/aromatic N) is 3. The van der Waals surface area contributed by atoms with Gasteiger partial charge in [-0.2, -0.15) is 0 Å². The summed E-state index contributed by atoms with van der Waals surface area (Å²) in [5, 5.41) is 1.84. The van der Waals surface area contributed by atoms with Crippen LogP contribution in [0.2, 0.25) is 0 Å². The van der Waals surface area contributed by atoms with Crippen molar-refractivity contribution in [1.29, 1.82) is 0 Å². The van der Waals surface area contributed by atoms with Crippen molar-refractivity contribution in [2.75, 3.05) is 5.73 Å². The summed E-state index contributed by atoms with van der Waals surface area (Å²) in [4.78, 5) is 14.0. The van der Waals surface area contributed by atoms with Crippen LogP contribution in [-0.2, 0) is 0 Å². The van der Waals surface area contributed by atoms with Gasteiger partial charge >= 0.3 is 0 Å². The standard InChI is InChI=1S/C12H9BrN4S/c1-6-15-5-10(18-6)12-16-9-3-2-7(13)4-8(9)11(14)17-12/h2-5H,1H3,(H2,14,16,17).